The summed E-state index contributed by atoms with van der Waals surface area (Å²) in [6.07, 6.45) is 1.45. The number of hydrogen-bond donors (Lipinski definition) is 4. The molecular weight excluding hydrogens is 506 g/mol. The Balaban J connectivity index is 1.45. The molecule has 0 spiro atoms. The summed E-state index contributed by atoms with van der Waals surface area (Å²) in [5.74, 6) is -0.212. The summed E-state index contributed by atoms with van der Waals surface area (Å²) in [6, 6.07) is 23.6. The molecule has 1 aliphatic rings. The zero-order valence-electron chi connectivity index (χ0n) is 22.5. The number of aliphatic hydroxyl groups excluding tert-OH is 1. The lowest BCUT2D eigenvalue weighted by molar-refractivity contribution is 0.00953. The van der Waals surface area contributed by atoms with E-state index in [1.54, 1.807) is 12.1 Å². The lowest BCUT2D eigenvalue weighted by Gasteiger charge is -2.21. The van der Waals surface area contributed by atoms with Crippen molar-refractivity contribution in [1.29, 1.82) is 0 Å². The van der Waals surface area contributed by atoms with Crippen LogP contribution in [0.15, 0.2) is 85.1 Å². The van der Waals surface area contributed by atoms with Crippen molar-refractivity contribution < 1.29 is 19.4 Å². The third kappa shape index (κ3) is 5.64. The fourth-order valence-corrected chi connectivity index (χ4v) is 4.67. The van der Waals surface area contributed by atoms with Crippen LogP contribution in [0.2, 0.25) is 0 Å². The van der Waals surface area contributed by atoms with Crippen molar-refractivity contribution in [2.45, 2.75) is 38.5 Å². The number of benzene rings is 3. The van der Waals surface area contributed by atoms with Crippen LogP contribution in [0, 0.1) is 0 Å². The summed E-state index contributed by atoms with van der Waals surface area (Å²) < 4.78 is 5.47. The topological polar surface area (TPSA) is 125 Å². The number of nitrogens with zero attached hydrogens (tertiary/aromatic N) is 2. The highest BCUT2D eigenvalue weighted by molar-refractivity contribution is 5.99. The van der Waals surface area contributed by atoms with Crippen LogP contribution in [0.1, 0.15) is 70.3 Å². The number of anilines is 3. The smallest absolute Gasteiger partial charge is 0.339 e. The Morgan fingerprint density at radius 1 is 1.00 bits per heavy atom. The molecule has 0 fully saturated rings. The fourth-order valence-electron chi connectivity index (χ4n) is 4.67. The van der Waals surface area contributed by atoms with Crippen LogP contribution >= 0.6 is 0 Å². The molecule has 4 N–H and O–H groups in total. The van der Waals surface area contributed by atoms with Gasteiger partial charge < -0.3 is 25.8 Å². The van der Waals surface area contributed by atoms with E-state index in [0.717, 1.165) is 16.7 Å². The van der Waals surface area contributed by atoms with Gasteiger partial charge in [0.25, 0.3) is 5.91 Å². The minimum Gasteiger partial charge on any atom is -0.451 e. The Kier molecular flexibility index (Phi) is 7.48. The highest BCUT2D eigenvalue weighted by Crippen LogP contribution is 2.37. The monoisotopic (exact) mass is 537 g/mol. The molecule has 0 saturated carbocycles. The van der Waals surface area contributed by atoms with Crippen LogP contribution in [-0.4, -0.2) is 33.6 Å². The van der Waals surface area contributed by atoms with Crippen LogP contribution in [0.3, 0.4) is 0 Å². The first-order valence-electron chi connectivity index (χ1n) is 13.1. The van der Waals surface area contributed by atoms with Gasteiger partial charge in [0.2, 0.25) is 5.95 Å². The average molecular weight is 538 g/mol. The maximum absolute atomic E-state index is 13.4. The predicted molar refractivity (Wildman–Crippen MR) is 152 cm³/mol. The number of aromatic nitrogens is 2. The molecular formula is C31H31N5O4. The second-order valence-electron chi connectivity index (χ2n) is 10.1. The van der Waals surface area contributed by atoms with Crippen LogP contribution < -0.4 is 16.0 Å². The summed E-state index contributed by atoms with van der Waals surface area (Å²) in [4.78, 5) is 34.6. The van der Waals surface area contributed by atoms with E-state index in [-0.39, 0.29) is 41.9 Å². The molecule has 0 radical (unpaired) electrons. The Hall–Kier alpha value is -4.76. The molecule has 40 heavy (non-hydrogen) atoms. The number of amides is 1. The van der Waals surface area contributed by atoms with E-state index in [2.05, 4.69) is 25.9 Å². The van der Waals surface area contributed by atoms with Gasteiger partial charge in [-0.15, -0.1) is 0 Å². The Morgan fingerprint density at radius 2 is 1.68 bits per heavy atom. The second-order valence-corrected chi connectivity index (χ2v) is 10.1. The van der Waals surface area contributed by atoms with E-state index >= 15 is 0 Å². The maximum Gasteiger partial charge on any atom is 0.339 e. The third-order valence-electron chi connectivity index (χ3n) is 6.87. The van der Waals surface area contributed by atoms with Gasteiger partial charge >= 0.3 is 5.97 Å². The first kappa shape index (κ1) is 26.8. The number of fused-ring (bicyclic) bond motifs is 1. The highest BCUT2D eigenvalue weighted by atomic mass is 16.6. The molecule has 5 rings (SSSR count). The molecule has 3 aromatic carbocycles. The lowest BCUT2D eigenvalue weighted by Crippen LogP contribution is -2.28. The number of esters is 1. The third-order valence-corrected chi connectivity index (χ3v) is 6.87. The largest absolute Gasteiger partial charge is 0.451 e. The van der Waals surface area contributed by atoms with E-state index in [1.807, 2.05) is 87.5 Å². The standard InChI is InChI=1S/C31H31N5O4/c1-19(20-10-6-4-7-11-20)33-28(38)24-17-32-30(36-27(24)35-26(18-37)21-12-8-5-9-13-21)34-22-14-15-23-25(16-22)31(2,3)40-29(23)39/h4-17,19,26,37H,18H2,1-3H3,(H,33,38)(H2,32,34,35,36)/t19?,26-/m1/s1. The minimum atomic E-state index is -0.751. The number of carbonyl (C=O) groups excluding carboxylic acids is 2. The molecule has 2 heterocycles. The van der Waals surface area contributed by atoms with E-state index < -0.39 is 11.6 Å². The number of ether oxygens (including phenoxy) is 1. The highest BCUT2D eigenvalue weighted by Gasteiger charge is 2.37. The average Bonchev–Trinajstić information content (AvgIpc) is 3.19. The van der Waals surface area contributed by atoms with Gasteiger partial charge in [-0.25, -0.2) is 9.78 Å². The Bertz CT molecular complexity index is 1530. The maximum atomic E-state index is 13.4. The van der Waals surface area contributed by atoms with Gasteiger partial charge in [0, 0.05) is 17.4 Å². The number of carbonyl (C=O) groups is 2. The second kappa shape index (κ2) is 11.2. The number of cyclic esters (lactones) is 1. The number of nitrogens with one attached hydrogen (secondary N) is 3. The first-order valence-corrected chi connectivity index (χ1v) is 13.1. The first-order chi connectivity index (χ1) is 19.2. The summed E-state index contributed by atoms with van der Waals surface area (Å²) >= 11 is 0. The van der Waals surface area contributed by atoms with Gasteiger partial charge in [0.05, 0.1) is 24.3 Å². The molecule has 0 aliphatic carbocycles. The molecule has 1 aromatic heterocycles. The molecule has 9 heteroatoms. The van der Waals surface area contributed by atoms with Gasteiger partial charge in [-0.1, -0.05) is 60.7 Å². The lowest BCUT2D eigenvalue weighted by atomic mass is 9.95. The van der Waals surface area contributed by atoms with Crippen LogP contribution in [0.5, 0.6) is 0 Å². The molecule has 0 saturated heterocycles. The summed E-state index contributed by atoms with van der Waals surface area (Å²) in [6.45, 7) is 5.36. The van der Waals surface area contributed by atoms with Crippen LogP contribution in [0.4, 0.5) is 17.5 Å². The Labute approximate surface area is 232 Å². The summed E-state index contributed by atoms with van der Waals surface area (Å²) in [5, 5.41) is 19.6. The van der Waals surface area contributed by atoms with E-state index in [4.69, 9.17) is 4.74 Å². The van der Waals surface area contributed by atoms with Gasteiger partial charge in [0.15, 0.2) is 0 Å². The minimum absolute atomic E-state index is 0.216. The molecule has 1 aliphatic heterocycles. The SMILES string of the molecule is CC(NC(=O)c1cnc(Nc2ccc3c(c2)C(C)(C)OC3=O)nc1N[C@H](CO)c1ccccc1)c1ccccc1. The molecule has 0 bridgehead atoms. The van der Waals surface area contributed by atoms with Gasteiger partial charge in [-0.05, 0) is 50.1 Å². The predicted octanol–water partition coefficient (Wildman–Crippen LogP) is 5.26. The van der Waals surface area contributed by atoms with E-state index in [0.29, 0.717) is 11.3 Å². The van der Waals surface area contributed by atoms with Crippen molar-refractivity contribution in [3.63, 3.8) is 0 Å². The van der Waals surface area contributed by atoms with Gasteiger partial charge in [-0.3, -0.25) is 4.79 Å². The summed E-state index contributed by atoms with van der Waals surface area (Å²) in [5.41, 5.74) is 3.23. The van der Waals surface area contributed by atoms with Crippen molar-refractivity contribution in [1.82, 2.24) is 15.3 Å². The van der Waals surface area contributed by atoms with Crippen molar-refractivity contribution in [2.24, 2.45) is 0 Å². The quantitative estimate of drug-likeness (QED) is 0.213. The number of hydrogen-bond acceptors (Lipinski definition) is 8. The summed E-state index contributed by atoms with van der Waals surface area (Å²) in [7, 11) is 0. The normalized spacial score (nSPS) is 14.9. The van der Waals surface area contributed by atoms with Crippen molar-refractivity contribution in [2.75, 3.05) is 17.2 Å². The van der Waals surface area contributed by atoms with Crippen molar-refractivity contribution >= 4 is 29.3 Å². The molecule has 4 aromatic rings. The molecule has 1 amide bonds. The molecule has 2 atom stereocenters. The fraction of sp³-hybridized carbons (Fsp3) is 0.226. The van der Waals surface area contributed by atoms with E-state index in [1.165, 1.54) is 6.20 Å². The Morgan fingerprint density at radius 3 is 2.35 bits per heavy atom. The van der Waals surface area contributed by atoms with Gasteiger partial charge in [0.1, 0.15) is 17.0 Å². The van der Waals surface area contributed by atoms with Crippen LogP contribution in [-0.2, 0) is 10.3 Å². The van der Waals surface area contributed by atoms with Crippen LogP contribution in [0.25, 0.3) is 0 Å². The molecule has 204 valence electrons. The zero-order chi connectivity index (χ0) is 28.3. The van der Waals surface area contributed by atoms with Gasteiger partial charge in [-0.2, -0.15) is 4.98 Å². The van der Waals surface area contributed by atoms with Crippen molar-refractivity contribution in [3.05, 3.63) is 113 Å². The molecule has 9 nitrogen and oxygen atoms in total. The van der Waals surface area contributed by atoms with E-state index in [9.17, 15) is 14.7 Å². The zero-order valence-corrected chi connectivity index (χ0v) is 22.5. The number of aliphatic hydroxyl groups is 1. The number of rotatable bonds is 9. The van der Waals surface area contributed by atoms with Crippen molar-refractivity contribution in [3.8, 4) is 0 Å². The molecule has 1 unspecified atom stereocenters.